The van der Waals surface area contributed by atoms with E-state index in [1.165, 1.54) is 19.3 Å². The Balaban J connectivity index is 2.86. The largest absolute Gasteiger partial charge is 0.127 e. The van der Waals surface area contributed by atoms with Gasteiger partial charge in [0, 0.05) is 5.88 Å². The topological polar surface area (TPSA) is 0 Å². The van der Waals surface area contributed by atoms with E-state index in [2.05, 4.69) is 13.8 Å². The first kappa shape index (κ1) is 8.29. The molecule has 0 aromatic carbocycles. The van der Waals surface area contributed by atoms with Gasteiger partial charge >= 0.3 is 0 Å². The molecule has 0 radical (unpaired) electrons. The molecule has 0 saturated carbocycles. The Labute approximate surface area is 57.2 Å². The maximum Gasteiger partial charge on any atom is 0.0223 e. The van der Waals surface area contributed by atoms with Crippen LogP contribution in [0.5, 0.6) is 0 Å². The predicted molar refractivity (Wildman–Crippen MR) is 39.4 cm³/mol. The highest BCUT2D eigenvalue weighted by Gasteiger charge is 1.95. The second-order valence-electron chi connectivity index (χ2n) is 2.34. The average molecular weight is 135 g/mol. The molecule has 0 bridgehead atoms. The van der Waals surface area contributed by atoms with Crippen LogP contribution in [0.2, 0.25) is 0 Å². The minimum Gasteiger partial charge on any atom is -0.127 e. The molecule has 0 heterocycles. The summed E-state index contributed by atoms with van der Waals surface area (Å²) in [6.45, 7) is 4.49. The lowest BCUT2D eigenvalue weighted by molar-refractivity contribution is 0.510. The van der Waals surface area contributed by atoms with Gasteiger partial charge in [0.25, 0.3) is 0 Å². The fourth-order valence-electron chi connectivity index (χ4n) is 0.630. The molecule has 50 valence electrons. The third kappa shape index (κ3) is 4.45. The van der Waals surface area contributed by atoms with Gasteiger partial charge in [-0.05, 0) is 18.8 Å². The van der Waals surface area contributed by atoms with E-state index in [1.54, 1.807) is 0 Å². The summed E-state index contributed by atoms with van der Waals surface area (Å²) in [4.78, 5) is 0. The first-order valence-electron chi connectivity index (χ1n) is 3.37. The Morgan fingerprint density at radius 2 is 2.12 bits per heavy atom. The van der Waals surface area contributed by atoms with E-state index in [1.807, 2.05) is 0 Å². The van der Waals surface area contributed by atoms with Crippen molar-refractivity contribution in [2.45, 2.75) is 33.1 Å². The van der Waals surface area contributed by atoms with Crippen LogP contribution >= 0.6 is 11.6 Å². The van der Waals surface area contributed by atoms with Gasteiger partial charge in [0.05, 0.1) is 0 Å². The standard InChI is InChI=1S/C7H15Cl/c1-3-7(2)5-4-6-8/h7H,3-6H2,1-2H3/t7-/m0/s1. The van der Waals surface area contributed by atoms with Gasteiger partial charge in [0.2, 0.25) is 0 Å². The Morgan fingerprint density at radius 1 is 1.50 bits per heavy atom. The molecular weight excluding hydrogens is 120 g/mol. The molecule has 0 aliphatic carbocycles. The Hall–Kier alpha value is 0.290. The minimum absolute atomic E-state index is 0.824. The molecule has 1 heteroatoms. The molecule has 0 N–H and O–H groups in total. The number of hydrogen-bond donors (Lipinski definition) is 0. The van der Waals surface area contributed by atoms with Crippen molar-refractivity contribution >= 4 is 11.6 Å². The summed E-state index contributed by atoms with van der Waals surface area (Å²) >= 11 is 5.50. The van der Waals surface area contributed by atoms with Crippen LogP contribution in [-0.2, 0) is 0 Å². The smallest absolute Gasteiger partial charge is 0.0223 e. The maximum absolute atomic E-state index is 5.50. The van der Waals surface area contributed by atoms with Crippen molar-refractivity contribution in [2.75, 3.05) is 5.88 Å². The van der Waals surface area contributed by atoms with Crippen LogP contribution in [0.1, 0.15) is 33.1 Å². The molecule has 0 aliphatic heterocycles. The fraction of sp³-hybridized carbons (Fsp3) is 1.00. The van der Waals surface area contributed by atoms with Gasteiger partial charge < -0.3 is 0 Å². The van der Waals surface area contributed by atoms with Gasteiger partial charge in [-0.15, -0.1) is 11.6 Å². The van der Waals surface area contributed by atoms with Crippen molar-refractivity contribution in [1.29, 1.82) is 0 Å². The van der Waals surface area contributed by atoms with E-state index < -0.39 is 0 Å². The molecule has 0 amide bonds. The lowest BCUT2D eigenvalue weighted by atomic mass is 10.0. The summed E-state index contributed by atoms with van der Waals surface area (Å²) < 4.78 is 0. The highest BCUT2D eigenvalue weighted by atomic mass is 35.5. The second kappa shape index (κ2) is 5.43. The van der Waals surface area contributed by atoms with E-state index >= 15 is 0 Å². The van der Waals surface area contributed by atoms with Crippen molar-refractivity contribution in [2.24, 2.45) is 5.92 Å². The van der Waals surface area contributed by atoms with E-state index in [4.69, 9.17) is 11.6 Å². The van der Waals surface area contributed by atoms with Crippen molar-refractivity contribution in [3.63, 3.8) is 0 Å². The van der Waals surface area contributed by atoms with Gasteiger partial charge in [-0.2, -0.15) is 0 Å². The minimum atomic E-state index is 0.824. The number of halogens is 1. The van der Waals surface area contributed by atoms with E-state index in [0.717, 1.165) is 11.8 Å². The zero-order valence-corrected chi connectivity index (χ0v) is 6.54. The summed E-state index contributed by atoms with van der Waals surface area (Å²) in [6, 6.07) is 0. The first-order chi connectivity index (χ1) is 3.81. The van der Waals surface area contributed by atoms with Gasteiger partial charge in [-0.3, -0.25) is 0 Å². The average Bonchev–Trinajstić information content (AvgIpc) is 1.83. The summed E-state index contributed by atoms with van der Waals surface area (Å²) in [6.07, 6.45) is 3.76. The van der Waals surface area contributed by atoms with Crippen LogP contribution in [0.15, 0.2) is 0 Å². The molecule has 0 aromatic heterocycles. The highest BCUT2D eigenvalue weighted by molar-refractivity contribution is 6.17. The molecular formula is C7H15Cl. The van der Waals surface area contributed by atoms with Crippen LogP contribution in [0, 0.1) is 5.92 Å². The summed E-state index contributed by atoms with van der Waals surface area (Å²) in [5.74, 6) is 1.69. The van der Waals surface area contributed by atoms with Crippen molar-refractivity contribution in [1.82, 2.24) is 0 Å². The Kier molecular flexibility index (Phi) is 5.62. The lowest BCUT2D eigenvalue weighted by Crippen LogP contribution is -1.91. The fourth-order valence-corrected chi connectivity index (χ4v) is 0.784. The van der Waals surface area contributed by atoms with Crippen LogP contribution in [-0.4, -0.2) is 5.88 Å². The zero-order valence-electron chi connectivity index (χ0n) is 5.78. The maximum atomic E-state index is 5.50. The molecule has 0 aromatic rings. The Bertz CT molecular complexity index is 43.7. The van der Waals surface area contributed by atoms with Crippen LogP contribution < -0.4 is 0 Å². The second-order valence-corrected chi connectivity index (χ2v) is 2.72. The quantitative estimate of drug-likeness (QED) is 0.519. The number of alkyl halides is 1. The normalized spacial score (nSPS) is 13.9. The molecule has 0 aliphatic rings. The molecule has 0 nitrogen and oxygen atoms in total. The summed E-state index contributed by atoms with van der Waals surface area (Å²) in [5.41, 5.74) is 0. The third-order valence-electron chi connectivity index (χ3n) is 1.53. The number of hydrogen-bond acceptors (Lipinski definition) is 0. The highest BCUT2D eigenvalue weighted by Crippen LogP contribution is 2.08. The van der Waals surface area contributed by atoms with E-state index in [0.29, 0.717) is 0 Å². The predicted octanol–water partition coefficient (Wildman–Crippen LogP) is 3.05. The Morgan fingerprint density at radius 3 is 2.50 bits per heavy atom. The van der Waals surface area contributed by atoms with Gasteiger partial charge in [-0.25, -0.2) is 0 Å². The molecule has 0 unspecified atom stereocenters. The van der Waals surface area contributed by atoms with Crippen molar-refractivity contribution in [3.8, 4) is 0 Å². The van der Waals surface area contributed by atoms with Crippen molar-refractivity contribution < 1.29 is 0 Å². The first-order valence-corrected chi connectivity index (χ1v) is 3.90. The van der Waals surface area contributed by atoms with E-state index in [-0.39, 0.29) is 0 Å². The third-order valence-corrected chi connectivity index (χ3v) is 1.79. The molecule has 0 saturated heterocycles. The summed E-state index contributed by atoms with van der Waals surface area (Å²) in [7, 11) is 0. The SMILES string of the molecule is CC[C@H](C)CCCCl. The monoisotopic (exact) mass is 134 g/mol. The van der Waals surface area contributed by atoms with Gasteiger partial charge in [0.15, 0.2) is 0 Å². The lowest BCUT2D eigenvalue weighted by Gasteiger charge is -2.03. The van der Waals surface area contributed by atoms with Crippen molar-refractivity contribution in [3.05, 3.63) is 0 Å². The van der Waals surface area contributed by atoms with Crippen LogP contribution in [0.3, 0.4) is 0 Å². The number of rotatable bonds is 4. The van der Waals surface area contributed by atoms with Gasteiger partial charge in [-0.1, -0.05) is 20.3 Å². The molecule has 1 atom stereocenters. The molecule has 0 fully saturated rings. The summed E-state index contributed by atoms with van der Waals surface area (Å²) in [5, 5.41) is 0. The molecule has 0 spiro atoms. The van der Waals surface area contributed by atoms with Gasteiger partial charge in [0.1, 0.15) is 0 Å². The van der Waals surface area contributed by atoms with Crippen LogP contribution in [0.25, 0.3) is 0 Å². The van der Waals surface area contributed by atoms with Crippen LogP contribution in [0.4, 0.5) is 0 Å². The molecule has 0 rings (SSSR count). The zero-order chi connectivity index (χ0) is 6.41. The van der Waals surface area contributed by atoms with E-state index in [9.17, 15) is 0 Å². The molecule has 8 heavy (non-hydrogen) atoms.